The molecule has 0 bridgehead atoms. The van der Waals surface area contributed by atoms with E-state index >= 15 is 0 Å². The number of esters is 1. The van der Waals surface area contributed by atoms with Crippen molar-refractivity contribution in [3.8, 4) is 0 Å². The van der Waals surface area contributed by atoms with Gasteiger partial charge in [0.1, 0.15) is 6.04 Å². The lowest BCUT2D eigenvalue weighted by Gasteiger charge is -2.15. The minimum Gasteiger partial charge on any atom is -0.468 e. The van der Waals surface area contributed by atoms with Gasteiger partial charge < -0.3 is 10.1 Å². The normalized spacial score (nSPS) is 12.2. The highest BCUT2D eigenvalue weighted by Gasteiger charge is 2.18. The van der Waals surface area contributed by atoms with E-state index in [-0.39, 0.29) is 12.0 Å². The first-order valence-electron chi connectivity index (χ1n) is 5.87. The molecule has 1 aromatic rings. The molecule has 0 radical (unpaired) electrons. The predicted octanol–water partition coefficient (Wildman–Crippen LogP) is 2.97. The molecule has 0 saturated carbocycles. The zero-order valence-electron chi connectivity index (χ0n) is 10.6. The van der Waals surface area contributed by atoms with Gasteiger partial charge in [-0.25, -0.2) is 0 Å². The maximum absolute atomic E-state index is 11.6. The maximum Gasteiger partial charge on any atom is 0.323 e. The van der Waals surface area contributed by atoms with Crippen molar-refractivity contribution in [2.45, 2.75) is 24.3 Å². The van der Waals surface area contributed by atoms with Crippen LogP contribution in [-0.2, 0) is 9.53 Å². The van der Waals surface area contributed by atoms with Crippen molar-refractivity contribution in [1.82, 2.24) is 5.32 Å². The number of carbonyl (C=O) groups excluding carboxylic acids is 1. The van der Waals surface area contributed by atoms with Crippen LogP contribution >= 0.6 is 23.4 Å². The average Bonchev–Trinajstić information content (AvgIpc) is 2.38. The highest BCUT2D eigenvalue weighted by atomic mass is 35.5. The van der Waals surface area contributed by atoms with Crippen molar-refractivity contribution >= 4 is 29.3 Å². The van der Waals surface area contributed by atoms with Crippen molar-refractivity contribution in [2.75, 3.05) is 19.4 Å². The number of ether oxygens (including phenoxy) is 1. The number of rotatable bonds is 7. The van der Waals surface area contributed by atoms with Crippen LogP contribution in [0, 0.1) is 0 Å². The number of carbonyl (C=O) groups is 1. The summed E-state index contributed by atoms with van der Waals surface area (Å²) in [7, 11) is 1.41. The summed E-state index contributed by atoms with van der Waals surface area (Å²) in [6.45, 7) is 2.86. The molecule has 0 fully saturated rings. The molecule has 1 aromatic carbocycles. The molecule has 0 aliphatic carbocycles. The molecule has 1 N–H and O–H groups in total. The van der Waals surface area contributed by atoms with E-state index in [1.54, 1.807) is 11.8 Å². The molecule has 5 heteroatoms. The van der Waals surface area contributed by atoms with Crippen LogP contribution in [0.5, 0.6) is 0 Å². The van der Waals surface area contributed by atoms with Gasteiger partial charge in [0.25, 0.3) is 0 Å². The number of hydrogen-bond acceptors (Lipinski definition) is 4. The van der Waals surface area contributed by atoms with Gasteiger partial charge in [0.2, 0.25) is 0 Å². The van der Waals surface area contributed by atoms with Gasteiger partial charge in [0.15, 0.2) is 0 Å². The standard InChI is InChI=1S/C13H18ClNO2S/c1-3-7-15-12(13(16)17-2)9-18-11-6-4-5-10(14)8-11/h4-6,8,12,15H,3,7,9H2,1-2H3. The summed E-state index contributed by atoms with van der Waals surface area (Å²) in [5.74, 6) is 0.408. The van der Waals surface area contributed by atoms with E-state index in [9.17, 15) is 4.79 Å². The van der Waals surface area contributed by atoms with E-state index in [1.807, 2.05) is 24.3 Å². The van der Waals surface area contributed by atoms with Crippen LogP contribution in [0.2, 0.25) is 5.02 Å². The summed E-state index contributed by atoms with van der Waals surface area (Å²) in [5, 5.41) is 3.88. The molecule has 0 spiro atoms. The predicted molar refractivity (Wildman–Crippen MR) is 76.3 cm³/mol. The number of hydrogen-bond donors (Lipinski definition) is 1. The lowest BCUT2D eigenvalue weighted by Crippen LogP contribution is -2.40. The topological polar surface area (TPSA) is 38.3 Å². The number of methoxy groups -OCH3 is 1. The minimum absolute atomic E-state index is 0.224. The first-order valence-corrected chi connectivity index (χ1v) is 7.23. The van der Waals surface area contributed by atoms with Gasteiger partial charge in [0, 0.05) is 15.7 Å². The van der Waals surface area contributed by atoms with E-state index in [0.29, 0.717) is 10.8 Å². The Hall–Kier alpha value is -0.710. The molecule has 1 unspecified atom stereocenters. The quantitative estimate of drug-likeness (QED) is 0.618. The Labute approximate surface area is 117 Å². The lowest BCUT2D eigenvalue weighted by molar-refractivity contribution is -0.142. The molecule has 100 valence electrons. The van der Waals surface area contributed by atoms with Crippen molar-refractivity contribution < 1.29 is 9.53 Å². The second-order valence-electron chi connectivity index (χ2n) is 3.80. The minimum atomic E-state index is -0.279. The molecule has 0 saturated heterocycles. The average molecular weight is 288 g/mol. The summed E-state index contributed by atoms with van der Waals surface area (Å²) in [6.07, 6.45) is 0.981. The lowest BCUT2D eigenvalue weighted by atomic mass is 10.3. The molecule has 0 aromatic heterocycles. The van der Waals surface area contributed by atoms with Crippen LogP contribution in [0.4, 0.5) is 0 Å². The van der Waals surface area contributed by atoms with Crippen LogP contribution in [0.15, 0.2) is 29.2 Å². The maximum atomic E-state index is 11.6. The first kappa shape index (κ1) is 15.3. The molecule has 3 nitrogen and oxygen atoms in total. The molecule has 0 heterocycles. The van der Waals surface area contributed by atoms with Gasteiger partial charge in [-0.05, 0) is 31.2 Å². The van der Waals surface area contributed by atoms with E-state index in [2.05, 4.69) is 12.2 Å². The second-order valence-corrected chi connectivity index (χ2v) is 5.33. The molecule has 1 rings (SSSR count). The number of nitrogens with one attached hydrogen (secondary N) is 1. The van der Waals surface area contributed by atoms with Gasteiger partial charge in [-0.3, -0.25) is 4.79 Å². The molecular weight excluding hydrogens is 270 g/mol. The molecule has 0 aliphatic rings. The third-order valence-electron chi connectivity index (χ3n) is 2.34. The number of halogens is 1. The van der Waals surface area contributed by atoms with Crippen molar-refractivity contribution in [3.63, 3.8) is 0 Å². The van der Waals surface area contributed by atoms with E-state index in [1.165, 1.54) is 7.11 Å². The zero-order valence-corrected chi connectivity index (χ0v) is 12.2. The Morgan fingerprint density at radius 2 is 2.33 bits per heavy atom. The smallest absolute Gasteiger partial charge is 0.323 e. The van der Waals surface area contributed by atoms with E-state index < -0.39 is 0 Å². The molecule has 18 heavy (non-hydrogen) atoms. The summed E-state index contributed by atoms with van der Waals surface area (Å²) in [4.78, 5) is 12.6. The van der Waals surface area contributed by atoms with Crippen LogP contribution in [0.3, 0.4) is 0 Å². The SMILES string of the molecule is CCCNC(CSc1cccc(Cl)c1)C(=O)OC. The Bertz CT molecular complexity index is 387. The highest BCUT2D eigenvalue weighted by molar-refractivity contribution is 7.99. The van der Waals surface area contributed by atoms with Crippen molar-refractivity contribution in [2.24, 2.45) is 0 Å². The van der Waals surface area contributed by atoms with Gasteiger partial charge in [0.05, 0.1) is 7.11 Å². The Kier molecular flexibility index (Phi) is 7.16. The van der Waals surface area contributed by atoms with Crippen LogP contribution in [0.1, 0.15) is 13.3 Å². The molecular formula is C13H18ClNO2S. The third kappa shape index (κ3) is 5.29. The van der Waals surface area contributed by atoms with Gasteiger partial charge in [-0.15, -0.1) is 11.8 Å². The van der Waals surface area contributed by atoms with E-state index in [0.717, 1.165) is 17.9 Å². The molecule has 0 amide bonds. The number of thioether (sulfide) groups is 1. The Morgan fingerprint density at radius 3 is 2.94 bits per heavy atom. The zero-order chi connectivity index (χ0) is 13.4. The van der Waals surface area contributed by atoms with Gasteiger partial charge in [-0.2, -0.15) is 0 Å². The largest absolute Gasteiger partial charge is 0.468 e. The summed E-state index contributed by atoms with van der Waals surface area (Å²) in [6, 6.07) is 7.32. The molecule has 1 atom stereocenters. The van der Waals surface area contributed by atoms with Crippen LogP contribution in [-0.4, -0.2) is 31.4 Å². The summed E-state index contributed by atoms with van der Waals surface area (Å²) < 4.78 is 4.78. The first-order chi connectivity index (χ1) is 8.67. The van der Waals surface area contributed by atoms with Crippen molar-refractivity contribution in [1.29, 1.82) is 0 Å². The third-order valence-corrected chi connectivity index (χ3v) is 3.66. The number of benzene rings is 1. The van der Waals surface area contributed by atoms with Crippen LogP contribution < -0.4 is 5.32 Å². The van der Waals surface area contributed by atoms with Gasteiger partial charge in [-0.1, -0.05) is 24.6 Å². The monoisotopic (exact) mass is 287 g/mol. The van der Waals surface area contributed by atoms with Gasteiger partial charge >= 0.3 is 5.97 Å². The highest BCUT2D eigenvalue weighted by Crippen LogP contribution is 2.22. The van der Waals surface area contributed by atoms with Crippen LogP contribution in [0.25, 0.3) is 0 Å². The Morgan fingerprint density at radius 1 is 1.56 bits per heavy atom. The summed E-state index contributed by atoms with van der Waals surface area (Å²) >= 11 is 7.50. The fourth-order valence-corrected chi connectivity index (χ4v) is 2.66. The summed E-state index contributed by atoms with van der Waals surface area (Å²) in [5.41, 5.74) is 0. The fraction of sp³-hybridized carbons (Fsp3) is 0.462. The second kappa shape index (κ2) is 8.40. The molecule has 0 aliphatic heterocycles. The van der Waals surface area contributed by atoms with Crippen molar-refractivity contribution in [3.05, 3.63) is 29.3 Å². The Balaban J connectivity index is 2.53. The fourth-order valence-electron chi connectivity index (χ4n) is 1.41. The van der Waals surface area contributed by atoms with E-state index in [4.69, 9.17) is 16.3 Å².